The minimum absolute atomic E-state index is 0.989. The summed E-state index contributed by atoms with van der Waals surface area (Å²) in [5.74, 6) is -3.65. The fraction of sp³-hybridized carbons (Fsp3) is 0.417. The third kappa shape index (κ3) is 6.49. The Morgan fingerprint density at radius 1 is 1.21 bits per heavy atom. The van der Waals surface area contributed by atoms with Crippen LogP contribution in [0.2, 0.25) is 0 Å². The molecule has 0 atom stereocenters. The number of piperazine rings is 1. The molecule has 2 heterocycles. The predicted octanol–water partition coefficient (Wildman–Crippen LogP) is -0.358. The van der Waals surface area contributed by atoms with Gasteiger partial charge in [0.15, 0.2) is 0 Å². The van der Waals surface area contributed by atoms with E-state index in [9.17, 15) is 0 Å². The van der Waals surface area contributed by atoms with Crippen molar-refractivity contribution < 1.29 is 19.8 Å². The zero-order valence-electron chi connectivity index (χ0n) is 10.5. The Bertz CT molecular complexity index is 393. The number of hydrogen-bond acceptors (Lipinski definition) is 5. The molecule has 7 nitrogen and oxygen atoms in total. The highest BCUT2D eigenvalue weighted by Gasteiger charge is 2.09. The molecule has 104 valence electrons. The molecule has 0 amide bonds. The van der Waals surface area contributed by atoms with Gasteiger partial charge in [-0.05, 0) is 12.1 Å². The molecule has 3 N–H and O–H groups in total. The number of pyridine rings is 1. The van der Waals surface area contributed by atoms with Crippen molar-refractivity contribution in [2.24, 2.45) is 0 Å². The highest BCUT2D eigenvalue weighted by atomic mass is 16.4. The summed E-state index contributed by atoms with van der Waals surface area (Å²) in [6, 6.07) is 6.09. The quantitative estimate of drug-likeness (QED) is 0.629. The van der Waals surface area contributed by atoms with Gasteiger partial charge in [-0.25, -0.2) is 9.59 Å². The van der Waals surface area contributed by atoms with Crippen molar-refractivity contribution in [3.05, 3.63) is 30.1 Å². The van der Waals surface area contributed by atoms with E-state index in [2.05, 4.69) is 21.3 Å². The number of aliphatic carboxylic acids is 2. The number of nitrogens with one attached hydrogen (secondary N) is 1. The number of carbonyl (C=O) groups is 2. The standard InChI is InChI=1S/C10H15N3.C2H2O4/c1-2-4-12-10(3-1)9-13-7-5-11-6-8-13;3-1(4)2(5)6/h1-4,11H,5-9H2;(H,3,4)(H,5,6). The van der Waals surface area contributed by atoms with E-state index in [0.29, 0.717) is 0 Å². The third-order valence-electron chi connectivity index (χ3n) is 2.50. The van der Waals surface area contributed by atoms with Crippen LogP contribution in [-0.4, -0.2) is 58.2 Å². The van der Waals surface area contributed by atoms with Gasteiger partial charge in [-0.2, -0.15) is 0 Å². The van der Waals surface area contributed by atoms with E-state index >= 15 is 0 Å². The highest BCUT2D eigenvalue weighted by Crippen LogP contribution is 2.01. The summed E-state index contributed by atoms with van der Waals surface area (Å²) < 4.78 is 0. The molecule has 0 bridgehead atoms. The van der Waals surface area contributed by atoms with Gasteiger partial charge in [0.2, 0.25) is 0 Å². The van der Waals surface area contributed by atoms with Crippen LogP contribution in [0.25, 0.3) is 0 Å². The number of aromatic nitrogens is 1. The van der Waals surface area contributed by atoms with E-state index in [-0.39, 0.29) is 0 Å². The van der Waals surface area contributed by atoms with E-state index in [1.165, 1.54) is 5.69 Å². The van der Waals surface area contributed by atoms with Crippen LogP contribution in [-0.2, 0) is 16.1 Å². The van der Waals surface area contributed by atoms with E-state index in [1.807, 2.05) is 18.3 Å². The molecule has 19 heavy (non-hydrogen) atoms. The SMILES string of the molecule is O=C(O)C(=O)O.c1ccc(CN2CCNCC2)nc1. The molecule has 0 spiro atoms. The Balaban J connectivity index is 0.000000258. The normalized spacial score (nSPS) is 15.2. The molecular formula is C12H17N3O4. The Morgan fingerprint density at radius 2 is 1.84 bits per heavy atom. The van der Waals surface area contributed by atoms with Gasteiger partial charge in [-0.15, -0.1) is 0 Å². The molecular weight excluding hydrogens is 250 g/mol. The number of rotatable bonds is 2. The van der Waals surface area contributed by atoms with Crippen molar-refractivity contribution in [1.29, 1.82) is 0 Å². The summed E-state index contributed by atoms with van der Waals surface area (Å²) in [5, 5.41) is 18.1. The zero-order chi connectivity index (χ0) is 14.1. The van der Waals surface area contributed by atoms with Gasteiger partial charge in [-0.3, -0.25) is 9.88 Å². The predicted molar refractivity (Wildman–Crippen MR) is 67.7 cm³/mol. The fourth-order valence-corrected chi connectivity index (χ4v) is 1.59. The lowest BCUT2D eigenvalue weighted by molar-refractivity contribution is -0.159. The van der Waals surface area contributed by atoms with Crippen LogP contribution < -0.4 is 5.32 Å². The Hall–Kier alpha value is -1.99. The second-order valence-corrected chi connectivity index (χ2v) is 3.96. The molecule has 7 heteroatoms. The largest absolute Gasteiger partial charge is 0.473 e. The topological polar surface area (TPSA) is 103 Å². The number of carboxylic acids is 2. The summed E-state index contributed by atoms with van der Waals surface area (Å²) in [7, 11) is 0. The smallest absolute Gasteiger partial charge is 0.414 e. The van der Waals surface area contributed by atoms with Crippen LogP contribution in [0.4, 0.5) is 0 Å². The van der Waals surface area contributed by atoms with Gasteiger partial charge >= 0.3 is 11.9 Å². The van der Waals surface area contributed by atoms with Crippen LogP contribution in [0.5, 0.6) is 0 Å². The van der Waals surface area contributed by atoms with Gasteiger partial charge in [0.1, 0.15) is 0 Å². The average Bonchev–Trinajstić information content (AvgIpc) is 2.41. The molecule has 1 saturated heterocycles. The van der Waals surface area contributed by atoms with Gasteiger partial charge < -0.3 is 15.5 Å². The maximum absolute atomic E-state index is 9.10. The minimum atomic E-state index is -1.82. The maximum atomic E-state index is 9.10. The molecule has 0 saturated carbocycles. The lowest BCUT2D eigenvalue weighted by Crippen LogP contribution is -2.43. The van der Waals surface area contributed by atoms with Crippen molar-refractivity contribution in [2.75, 3.05) is 26.2 Å². The molecule has 1 aliphatic heterocycles. The van der Waals surface area contributed by atoms with Crippen LogP contribution in [0.3, 0.4) is 0 Å². The summed E-state index contributed by atoms with van der Waals surface area (Å²) in [4.78, 5) is 24.9. The molecule has 0 unspecified atom stereocenters. The monoisotopic (exact) mass is 267 g/mol. The number of nitrogens with zero attached hydrogens (tertiary/aromatic N) is 2. The maximum Gasteiger partial charge on any atom is 0.414 e. The fourth-order valence-electron chi connectivity index (χ4n) is 1.59. The van der Waals surface area contributed by atoms with E-state index in [4.69, 9.17) is 19.8 Å². The van der Waals surface area contributed by atoms with Gasteiger partial charge in [0, 0.05) is 38.9 Å². The van der Waals surface area contributed by atoms with Crippen molar-refractivity contribution in [3.63, 3.8) is 0 Å². The third-order valence-corrected chi connectivity index (χ3v) is 2.50. The lowest BCUT2D eigenvalue weighted by Gasteiger charge is -2.26. The van der Waals surface area contributed by atoms with Crippen LogP contribution in [0.1, 0.15) is 5.69 Å². The van der Waals surface area contributed by atoms with Crippen molar-refractivity contribution >= 4 is 11.9 Å². The molecule has 1 aliphatic rings. The Morgan fingerprint density at radius 3 is 2.32 bits per heavy atom. The van der Waals surface area contributed by atoms with Gasteiger partial charge in [-0.1, -0.05) is 6.07 Å². The van der Waals surface area contributed by atoms with Crippen LogP contribution in [0.15, 0.2) is 24.4 Å². The summed E-state index contributed by atoms with van der Waals surface area (Å²) in [6.45, 7) is 5.47. The Labute approximate surface area is 110 Å². The minimum Gasteiger partial charge on any atom is -0.473 e. The molecule has 0 radical (unpaired) electrons. The van der Waals surface area contributed by atoms with Crippen LogP contribution in [0, 0.1) is 0 Å². The van der Waals surface area contributed by atoms with Crippen molar-refractivity contribution in [1.82, 2.24) is 15.2 Å². The van der Waals surface area contributed by atoms with Crippen molar-refractivity contribution in [3.8, 4) is 0 Å². The first-order valence-corrected chi connectivity index (χ1v) is 5.89. The molecule has 0 aliphatic carbocycles. The van der Waals surface area contributed by atoms with E-state index in [0.717, 1.165) is 32.7 Å². The van der Waals surface area contributed by atoms with Gasteiger partial charge in [0.25, 0.3) is 0 Å². The molecule has 2 rings (SSSR count). The first-order valence-electron chi connectivity index (χ1n) is 5.89. The van der Waals surface area contributed by atoms with Crippen molar-refractivity contribution in [2.45, 2.75) is 6.54 Å². The Kier molecular flexibility index (Phi) is 6.48. The zero-order valence-corrected chi connectivity index (χ0v) is 10.5. The van der Waals surface area contributed by atoms with E-state index < -0.39 is 11.9 Å². The van der Waals surface area contributed by atoms with Gasteiger partial charge in [0.05, 0.1) is 5.69 Å². The average molecular weight is 267 g/mol. The van der Waals surface area contributed by atoms with E-state index in [1.54, 1.807) is 0 Å². The number of hydrogen-bond donors (Lipinski definition) is 3. The summed E-state index contributed by atoms with van der Waals surface area (Å²) in [6.07, 6.45) is 1.86. The summed E-state index contributed by atoms with van der Waals surface area (Å²) in [5.41, 5.74) is 1.17. The molecule has 1 aromatic rings. The first kappa shape index (κ1) is 15.1. The first-order chi connectivity index (χ1) is 9.09. The second kappa shape index (κ2) is 8.17. The molecule has 1 fully saturated rings. The molecule has 1 aromatic heterocycles. The number of carboxylic acid groups (broad SMARTS) is 2. The highest BCUT2D eigenvalue weighted by molar-refractivity contribution is 6.27. The second-order valence-electron chi connectivity index (χ2n) is 3.96. The summed E-state index contributed by atoms with van der Waals surface area (Å²) >= 11 is 0. The van der Waals surface area contributed by atoms with Crippen LogP contribution >= 0.6 is 0 Å². The lowest BCUT2D eigenvalue weighted by atomic mass is 10.3. The molecule has 0 aromatic carbocycles.